The smallest absolute Gasteiger partial charge is 0.225 e. The minimum Gasteiger partial charge on any atom is -0.496 e. The van der Waals surface area contributed by atoms with Crippen LogP contribution >= 0.6 is 0 Å². The fraction of sp³-hybridized carbons (Fsp3) is 0.632. The molecule has 6 heteroatoms. The summed E-state index contributed by atoms with van der Waals surface area (Å²) in [6.45, 7) is 5.62. The van der Waals surface area contributed by atoms with Crippen molar-refractivity contribution in [1.82, 2.24) is 15.2 Å². The Hall–Kier alpha value is -2.11. The summed E-state index contributed by atoms with van der Waals surface area (Å²) in [5.74, 6) is 1.16. The van der Waals surface area contributed by atoms with E-state index in [4.69, 9.17) is 4.74 Å². The molecule has 1 N–H and O–H groups in total. The molecule has 136 valence electrons. The molecule has 1 aliphatic heterocycles. The van der Waals surface area contributed by atoms with E-state index in [0.717, 1.165) is 54.8 Å². The minimum atomic E-state index is -0.121. The Morgan fingerprint density at radius 2 is 2.04 bits per heavy atom. The van der Waals surface area contributed by atoms with Crippen LogP contribution in [0.1, 0.15) is 42.5 Å². The number of carbonyl (C=O) groups is 2. The van der Waals surface area contributed by atoms with Crippen LogP contribution in [0.4, 0.5) is 0 Å². The van der Waals surface area contributed by atoms with Gasteiger partial charge in [-0.3, -0.25) is 14.6 Å². The highest BCUT2D eigenvalue weighted by molar-refractivity contribution is 5.83. The lowest BCUT2D eigenvalue weighted by molar-refractivity contribution is -0.136. The molecular weight excluding hydrogens is 318 g/mol. The molecule has 1 atom stereocenters. The second kappa shape index (κ2) is 7.42. The van der Waals surface area contributed by atoms with Crippen LogP contribution in [0.2, 0.25) is 0 Å². The van der Waals surface area contributed by atoms with E-state index in [2.05, 4.69) is 10.3 Å². The van der Waals surface area contributed by atoms with Crippen molar-refractivity contribution in [3.05, 3.63) is 23.0 Å². The van der Waals surface area contributed by atoms with Gasteiger partial charge in [0.25, 0.3) is 0 Å². The summed E-state index contributed by atoms with van der Waals surface area (Å²) in [5, 5.41) is 2.99. The number of carbonyl (C=O) groups excluding carboxylic acids is 2. The Labute approximate surface area is 148 Å². The van der Waals surface area contributed by atoms with Crippen molar-refractivity contribution in [1.29, 1.82) is 0 Å². The number of piperidine rings is 1. The van der Waals surface area contributed by atoms with Gasteiger partial charge in [0.15, 0.2) is 0 Å². The standard InChI is InChI=1S/C19H27N3O3/c1-12-9-20-16(13(2)17(12)25-3)10-21-18(23)15-5-4-8-22(11-15)19(24)14-6-7-14/h9,14-15H,4-8,10-11H2,1-3H3,(H,21,23)/t15-/m1/s1. The number of amides is 2. The number of nitrogens with zero attached hydrogens (tertiary/aromatic N) is 2. The highest BCUT2D eigenvalue weighted by Crippen LogP contribution is 2.32. The van der Waals surface area contributed by atoms with Crippen LogP contribution in [-0.2, 0) is 16.1 Å². The van der Waals surface area contributed by atoms with Gasteiger partial charge in [-0.25, -0.2) is 0 Å². The minimum absolute atomic E-state index is 0.00837. The molecule has 0 aromatic carbocycles. The normalized spacial score (nSPS) is 20.3. The van der Waals surface area contributed by atoms with Gasteiger partial charge in [-0.15, -0.1) is 0 Å². The average molecular weight is 345 g/mol. The first-order valence-electron chi connectivity index (χ1n) is 9.06. The molecule has 0 unspecified atom stereocenters. The number of pyridine rings is 1. The first-order chi connectivity index (χ1) is 12.0. The fourth-order valence-electron chi connectivity index (χ4n) is 3.54. The zero-order chi connectivity index (χ0) is 18.0. The number of methoxy groups -OCH3 is 1. The van der Waals surface area contributed by atoms with E-state index in [1.165, 1.54) is 0 Å². The molecule has 1 aromatic heterocycles. The summed E-state index contributed by atoms with van der Waals surface area (Å²) in [7, 11) is 1.64. The van der Waals surface area contributed by atoms with Crippen LogP contribution in [0.5, 0.6) is 5.75 Å². The third-order valence-corrected chi connectivity index (χ3v) is 5.21. The third-order valence-electron chi connectivity index (χ3n) is 5.21. The van der Waals surface area contributed by atoms with Gasteiger partial charge in [-0.2, -0.15) is 0 Å². The van der Waals surface area contributed by atoms with E-state index in [1.807, 2.05) is 18.7 Å². The molecule has 6 nitrogen and oxygen atoms in total. The van der Waals surface area contributed by atoms with Gasteiger partial charge < -0.3 is 15.0 Å². The zero-order valence-corrected chi connectivity index (χ0v) is 15.3. The van der Waals surface area contributed by atoms with Gasteiger partial charge in [0.2, 0.25) is 11.8 Å². The Morgan fingerprint density at radius 3 is 2.72 bits per heavy atom. The van der Waals surface area contributed by atoms with Crippen LogP contribution in [0.15, 0.2) is 6.20 Å². The number of hydrogen-bond acceptors (Lipinski definition) is 4. The quantitative estimate of drug-likeness (QED) is 0.886. The lowest BCUT2D eigenvalue weighted by Gasteiger charge is -2.32. The number of rotatable bonds is 5. The first-order valence-corrected chi connectivity index (χ1v) is 9.06. The van der Waals surface area contributed by atoms with Gasteiger partial charge in [0.1, 0.15) is 5.75 Å². The molecule has 25 heavy (non-hydrogen) atoms. The van der Waals surface area contributed by atoms with Gasteiger partial charge in [0.05, 0.1) is 25.3 Å². The monoisotopic (exact) mass is 345 g/mol. The lowest BCUT2D eigenvalue weighted by Crippen LogP contribution is -2.45. The summed E-state index contributed by atoms with van der Waals surface area (Å²) in [5.41, 5.74) is 2.76. The predicted octanol–water partition coefficient (Wildman–Crippen LogP) is 1.97. The fourth-order valence-corrected chi connectivity index (χ4v) is 3.54. The van der Waals surface area contributed by atoms with Gasteiger partial charge in [0, 0.05) is 36.3 Å². The molecule has 2 fully saturated rings. The van der Waals surface area contributed by atoms with Crippen molar-refractivity contribution in [2.75, 3.05) is 20.2 Å². The molecule has 1 aromatic rings. The molecule has 0 radical (unpaired) electrons. The molecule has 1 aliphatic carbocycles. The summed E-state index contributed by atoms with van der Waals surface area (Å²) in [6, 6.07) is 0. The SMILES string of the molecule is COc1c(C)cnc(CNC(=O)[C@@H]2CCCN(C(=O)C3CC3)C2)c1C. The average Bonchev–Trinajstić information content (AvgIpc) is 3.46. The molecule has 3 rings (SSSR count). The summed E-state index contributed by atoms with van der Waals surface area (Å²) < 4.78 is 5.41. The van der Waals surface area contributed by atoms with Gasteiger partial charge in [-0.05, 0) is 39.5 Å². The second-order valence-corrected chi connectivity index (χ2v) is 7.16. The molecule has 2 aliphatic rings. The van der Waals surface area contributed by atoms with E-state index in [0.29, 0.717) is 13.1 Å². The van der Waals surface area contributed by atoms with Gasteiger partial charge in [-0.1, -0.05) is 0 Å². The number of nitrogens with one attached hydrogen (secondary N) is 1. The van der Waals surface area contributed by atoms with Gasteiger partial charge >= 0.3 is 0 Å². The van der Waals surface area contributed by atoms with Crippen molar-refractivity contribution in [3.8, 4) is 5.75 Å². The third kappa shape index (κ3) is 3.94. The summed E-state index contributed by atoms with van der Waals surface area (Å²) in [4.78, 5) is 31.1. The second-order valence-electron chi connectivity index (χ2n) is 7.16. The van der Waals surface area contributed by atoms with E-state index >= 15 is 0 Å². The van der Waals surface area contributed by atoms with Crippen molar-refractivity contribution in [2.24, 2.45) is 11.8 Å². The highest BCUT2D eigenvalue weighted by Gasteiger charge is 2.36. The molecule has 0 spiro atoms. The Morgan fingerprint density at radius 1 is 1.28 bits per heavy atom. The van der Waals surface area contributed by atoms with E-state index < -0.39 is 0 Å². The summed E-state index contributed by atoms with van der Waals surface area (Å²) >= 11 is 0. The van der Waals surface area contributed by atoms with Crippen LogP contribution in [0.25, 0.3) is 0 Å². The van der Waals surface area contributed by atoms with Crippen LogP contribution in [0, 0.1) is 25.7 Å². The van der Waals surface area contributed by atoms with Crippen molar-refractivity contribution in [3.63, 3.8) is 0 Å². The highest BCUT2D eigenvalue weighted by atomic mass is 16.5. The maximum Gasteiger partial charge on any atom is 0.225 e. The Bertz CT molecular complexity index is 670. The van der Waals surface area contributed by atoms with E-state index in [-0.39, 0.29) is 23.7 Å². The maximum atomic E-state index is 12.5. The zero-order valence-electron chi connectivity index (χ0n) is 15.3. The molecule has 1 saturated carbocycles. The molecule has 0 bridgehead atoms. The van der Waals surface area contributed by atoms with Crippen molar-refractivity contribution in [2.45, 2.75) is 46.1 Å². The van der Waals surface area contributed by atoms with Crippen molar-refractivity contribution < 1.29 is 14.3 Å². The number of ether oxygens (including phenoxy) is 1. The maximum absolute atomic E-state index is 12.5. The van der Waals surface area contributed by atoms with E-state index in [9.17, 15) is 9.59 Å². The number of aryl methyl sites for hydroxylation is 1. The molecular formula is C19H27N3O3. The van der Waals surface area contributed by atoms with Crippen molar-refractivity contribution >= 4 is 11.8 Å². The first kappa shape index (κ1) is 17.7. The predicted molar refractivity (Wildman–Crippen MR) is 94.1 cm³/mol. The number of aromatic nitrogens is 1. The topological polar surface area (TPSA) is 71.5 Å². The van der Waals surface area contributed by atoms with Crippen LogP contribution < -0.4 is 10.1 Å². The number of likely N-dealkylation sites (tertiary alicyclic amines) is 1. The number of hydrogen-bond donors (Lipinski definition) is 1. The Balaban J connectivity index is 1.58. The Kier molecular flexibility index (Phi) is 5.25. The van der Waals surface area contributed by atoms with Crippen LogP contribution in [-0.4, -0.2) is 41.9 Å². The lowest BCUT2D eigenvalue weighted by atomic mass is 9.96. The van der Waals surface area contributed by atoms with E-state index in [1.54, 1.807) is 13.3 Å². The molecule has 2 heterocycles. The summed E-state index contributed by atoms with van der Waals surface area (Å²) in [6.07, 6.45) is 5.51. The molecule has 1 saturated heterocycles. The van der Waals surface area contributed by atoms with Crippen LogP contribution in [0.3, 0.4) is 0 Å². The largest absolute Gasteiger partial charge is 0.496 e. The molecule has 2 amide bonds.